The minimum Gasteiger partial charge on any atom is -0.354 e. The summed E-state index contributed by atoms with van der Waals surface area (Å²) in [5.74, 6) is 0. The van der Waals surface area contributed by atoms with E-state index in [1.807, 2.05) is 29.3 Å². The van der Waals surface area contributed by atoms with Crippen molar-refractivity contribution in [2.75, 3.05) is 20.8 Å². The second-order valence-corrected chi connectivity index (χ2v) is 3.14. The van der Waals surface area contributed by atoms with Crippen molar-refractivity contribution in [1.82, 2.24) is 4.90 Å². The maximum absolute atomic E-state index is 6.02. The van der Waals surface area contributed by atoms with E-state index in [0.29, 0.717) is 6.54 Å². The molecule has 0 aromatic carbocycles. The summed E-state index contributed by atoms with van der Waals surface area (Å²) in [6.07, 6.45) is 7.44. The molecule has 0 saturated heterocycles. The lowest BCUT2D eigenvalue weighted by Crippen LogP contribution is -2.35. The number of halogens is 1. The molecule has 0 fully saturated rings. The molecule has 0 bridgehead atoms. The van der Waals surface area contributed by atoms with Gasteiger partial charge < -0.3 is 14.4 Å². The zero-order chi connectivity index (χ0) is 9.68. The zero-order valence-electron chi connectivity index (χ0n) is 7.81. The Balaban J connectivity index is 2.43. The topological polar surface area (TPSA) is 21.7 Å². The summed E-state index contributed by atoms with van der Waals surface area (Å²) in [6.45, 7) is 0.627. The van der Waals surface area contributed by atoms with E-state index in [9.17, 15) is 0 Å². The molecule has 0 saturated carbocycles. The van der Waals surface area contributed by atoms with Gasteiger partial charge in [0.15, 0.2) is 6.29 Å². The highest BCUT2D eigenvalue weighted by Gasteiger charge is 2.15. The van der Waals surface area contributed by atoms with E-state index in [2.05, 4.69) is 0 Å². The van der Waals surface area contributed by atoms with Crippen LogP contribution in [0, 0.1) is 0 Å². The fourth-order valence-corrected chi connectivity index (χ4v) is 1.32. The molecular weight excluding hydrogens is 190 g/mol. The number of nitrogens with zero attached hydrogens (tertiary/aromatic N) is 1. The average Bonchev–Trinajstić information content (AvgIpc) is 2.17. The third-order valence-electron chi connectivity index (χ3n) is 1.86. The summed E-state index contributed by atoms with van der Waals surface area (Å²) in [7, 11) is 3.22. The average molecular weight is 204 g/mol. The van der Waals surface area contributed by atoms with Crippen LogP contribution >= 0.6 is 11.6 Å². The van der Waals surface area contributed by atoms with Crippen molar-refractivity contribution in [1.29, 1.82) is 0 Å². The van der Waals surface area contributed by atoms with Gasteiger partial charge in [0.25, 0.3) is 0 Å². The molecule has 1 aliphatic heterocycles. The van der Waals surface area contributed by atoms with Gasteiger partial charge in [0.1, 0.15) is 5.50 Å². The van der Waals surface area contributed by atoms with E-state index in [1.165, 1.54) is 0 Å². The van der Waals surface area contributed by atoms with Gasteiger partial charge in [-0.3, -0.25) is 0 Å². The fraction of sp³-hybridized carbons (Fsp3) is 0.556. The second kappa shape index (κ2) is 5.27. The summed E-state index contributed by atoms with van der Waals surface area (Å²) in [5.41, 5.74) is -0.113. The minimum atomic E-state index is -0.239. The predicted octanol–water partition coefficient (Wildman–Crippen LogP) is 1.56. The fourth-order valence-electron chi connectivity index (χ4n) is 1.09. The molecule has 13 heavy (non-hydrogen) atoms. The highest BCUT2D eigenvalue weighted by Crippen LogP contribution is 2.13. The number of ether oxygens (including phenoxy) is 2. The maximum atomic E-state index is 6.02. The Kier molecular flexibility index (Phi) is 4.28. The number of allylic oxidation sites excluding steroid dienone is 2. The van der Waals surface area contributed by atoms with Crippen molar-refractivity contribution in [3.8, 4) is 0 Å². The number of alkyl halides is 1. The number of rotatable bonds is 4. The Morgan fingerprint density at radius 2 is 2.08 bits per heavy atom. The van der Waals surface area contributed by atoms with E-state index < -0.39 is 0 Å². The summed E-state index contributed by atoms with van der Waals surface area (Å²) >= 11 is 6.02. The van der Waals surface area contributed by atoms with Gasteiger partial charge in [-0.2, -0.15) is 0 Å². The van der Waals surface area contributed by atoms with Gasteiger partial charge in [-0.1, -0.05) is 17.7 Å². The van der Waals surface area contributed by atoms with Crippen LogP contribution in [0.3, 0.4) is 0 Å². The van der Waals surface area contributed by atoms with Crippen molar-refractivity contribution < 1.29 is 9.47 Å². The van der Waals surface area contributed by atoms with Crippen molar-refractivity contribution in [3.05, 3.63) is 24.4 Å². The minimum absolute atomic E-state index is 0.113. The largest absolute Gasteiger partial charge is 0.354 e. The lowest BCUT2D eigenvalue weighted by Gasteiger charge is -2.28. The Labute approximate surface area is 83.6 Å². The standard InChI is InChI=1S/C9H14ClNO2/c1-12-9(13-2)7-11-6-4-3-5-8(11)10/h3-6,8-9H,7H2,1-2H3. The molecule has 0 aliphatic carbocycles. The number of methoxy groups -OCH3 is 2. The third-order valence-corrected chi connectivity index (χ3v) is 2.26. The van der Waals surface area contributed by atoms with Gasteiger partial charge in [0.05, 0.1) is 6.54 Å². The first kappa shape index (κ1) is 10.6. The maximum Gasteiger partial charge on any atom is 0.174 e. The van der Waals surface area contributed by atoms with Crippen LogP contribution in [0.15, 0.2) is 24.4 Å². The lowest BCUT2D eigenvalue weighted by atomic mass is 10.3. The molecule has 0 amide bonds. The molecule has 3 nitrogen and oxygen atoms in total. The smallest absolute Gasteiger partial charge is 0.174 e. The first-order valence-corrected chi connectivity index (χ1v) is 4.52. The molecule has 1 unspecified atom stereocenters. The summed E-state index contributed by atoms with van der Waals surface area (Å²) in [5, 5.41) is 0. The van der Waals surface area contributed by atoms with Gasteiger partial charge >= 0.3 is 0 Å². The van der Waals surface area contributed by atoms with Gasteiger partial charge in [-0.25, -0.2) is 0 Å². The predicted molar refractivity (Wildman–Crippen MR) is 52.4 cm³/mol. The van der Waals surface area contributed by atoms with Gasteiger partial charge in [-0.05, 0) is 12.2 Å². The number of hydrogen-bond acceptors (Lipinski definition) is 3. The van der Waals surface area contributed by atoms with E-state index in [1.54, 1.807) is 14.2 Å². The van der Waals surface area contributed by atoms with Gasteiger partial charge in [0.2, 0.25) is 0 Å². The SMILES string of the molecule is COC(CN1C=CC=CC1Cl)OC. The van der Waals surface area contributed by atoms with Crippen molar-refractivity contribution in [2.45, 2.75) is 11.8 Å². The molecule has 4 heteroatoms. The van der Waals surface area contributed by atoms with Crippen LogP contribution in [0.25, 0.3) is 0 Å². The Morgan fingerprint density at radius 1 is 1.38 bits per heavy atom. The van der Waals surface area contributed by atoms with Crippen molar-refractivity contribution in [2.24, 2.45) is 0 Å². The first-order valence-electron chi connectivity index (χ1n) is 4.08. The second-order valence-electron chi connectivity index (χ2n) is 2.70. The van der Waals surface area contributed by atoms with Crippen LogP contribution in [-0.2, 0) is 9.47 Å². The summed E-state index contributed by atoms with van der Waals surface area (Å²) in [6, 6.07) is 0. The molecule has 1 atom stereocenters. The molecule has 74 valence electrons. The molecule has 1 rings (SSSR count). The molecular formula is C9H14ClNO2. The van der Waals surface area contributed by atoms with Crippen LogP contribution in [0.2, 0.25) is 0 Å². The molecule has 1 aliphatic rings. The number of hydrogen-bond donors (Lipinski definition) is 0. The van der Waals surface area contributed by atoms with Crippen molar-refractivity contribution in [3.63, 3.8) is 0 Å². The van der Waals surface area contributed by atoms with E-state index in [4.69, 9.17) is 21.1 Å². The van der Waals surface area contributed by atoms with Gasteiger partial charge in [0, 0.05) is 20.4 Å². The van der Waals surface area contributed by atoms with Crippen LogP contribution in [0.5, 0.6) is 0 Å². The zero-order valence-corrected chi connectivity index (χ0v) is 8.57. The van der Waals surface area contributed by atoms with E-state index >= 15 is 0 Å². The first-order chi connectivity index (χ1) is 6.27. The van der Waals surface area contributed by atoms with E-state index in [0.717, 1.165) is 0 Å². The molecule has 0 aromatic rings. The molecule has 1 heterocycles. The Bertz CT molecular complexity index is 202. The third kappa shape index (κ3) is 3.03. The Morgan fingerprint density at radius 3 is 2.62 bits per heavy atom. The molecule has 0 spiro atoms. The summed E-state index contributed by atoms with van der Waals surface area (Å²) < 4.78 is 10.1. The Hall–Kier alpha value is -0.510. The van der Waals surface area contributed by atoms with E-state index in [-0.39, 0.29) is 11.8 Å². The quantitative estimate of drug-likeness (QED) is 0.393. The van der Waals surface area contributed by atoms with Crippen LogP contribution < -0.4 is 0 Å². The molecule has 0 N–H and O–H groups in total. The highest BCUT2D eigenvalue weighted by molar-refractivity contribution is 6.21. The normalized spacial score (nSPS) is 21.5. The monoisotopic (exact) mass is 203 g/mol. The molecule has 0 aromatic heterocycles. The summed E-state index contributed by atoms with van der Waals surface area (Å²) in [4.78, 5) is 1.94. The van der Waals surface area contributed by atoms with Gasteiger partial charge in [-0.15, -0.1) is 0 Å². The lowest BCUT2D eigenvalue weighted by molar-refractivity contribution is -0.111. The van der Waals surface area contributed by atoms with Crippen molar-refractivity contribution >= 4 is 11.6 Å². The van der Waals surface area contributed by atoms with Crippen LogP contribution in [-0.4, -0.2) is 37.5 Å². The highest BCUT2D eigenvalue weighted by atomic mass is 35.5. The van der Waals surface area contributed by atoms with Crippen LogP contribution in [0.4, 0.5) is 0 Å². The van der Waals surface area contributed by atoms with Crippen LogP contribution in [0.1, 0.15) is 0 Å². The molecule has 0 radical (unpaired) electrons.